The van der Waals surface area contributed by atoms with Gasteiger partial charge in [0.05, 0.1) is 23.2 Å². The van der Waals surface area contributed by atoms with Crippen molar-refractivity contribution >= 4 is 5.69 Å². The minimum absolute atomic E-state index is 0.0472. The van der Waals surface area contributed by atoms with Gasteiger partial charge in [-0.1, -0.05) is 12.1 Å². The summed E-state index contributed by atoms with van der Waals surface area (Å²) >= 11 is 0. The second-order valence-electron chi connectivity index (χ2n) is 4.10. The molecular weight excluding hydrogens is 287 g/mol. The zero-order valence-electron chi connectivity index (χ0n) is 10.8. The Labute approximate surface area is 117 Å². The van der Waals surface area contributed by atoms with E-state index in [-0.39, 0.29) is 11.3 Å². The van der Waals surface area contributed by atoms with Crippen molar-refractivity contribution in [3.05, 3.63) is 58.1 Å². The topological polar surface area (TPSA) is 52.4 Å². The molecule has 109 valence electrons. The fraction of sp³-hybridized carbons (Fsp3) is 0.143. The van der Waals surface area contributed by atoms with Crippen molar-refractivity contribution in [2.75, 3.05) is 7.11 Å². The zero-order chi connectivity index (χ0) is 15.6. The summed E-state index contributed by atoms with van der Waals surface area (Å²) in [7, 11) is 1.35. The number of nitrogens with zero attached hydrogens (tertiary/aromatic N) is 1. The number of alkyl halides is 3. The molecule has 2 aromatic rings. The van der Waals surface area contributed by atoms with Crippen molar-refractivity contribution in [1.29, 1.82) is 0 Å². The van der Waals surface area contributed by atoms with Crippen LogP contribution in [0.3, 0.4) is 0 Å². The van der Waals surface area contributed by atoms with Crippen LogP contribution in [0.1, 0.15) is 5.56 Å². The van der Waals surface area contributed by atoms with E-state index in [0.29, 0.717) is 0 Å². The molecule has 0 saturated heterocycles. The Morgan fingerprint density at radius 1 is 1.29 bits per heavy atom. The highest BCUT2D eigenvalue weighted by molar-refractivity contribution is 5.77. The average Bonchev–Trinajstić information content (AvgIpc) is 2.45. The van der Waals surface area contributed by atoms with Crippen LogP contribution in [-0.2, 0) is 6.18 Å². The Kier molecular flexibility index (Phi) is 3.84. The minimum atomic E-state index is -4.71. The number of hydrogen-bond acceptors (Lipinski definition) is 3. The minimum Gasteiger partial charge on any atom is -0.497 e. The molecule has 0 amide bonds. The van der Waals surface area contributed by atoms with Crippen molar-refractivity contribution in [3.8, 4) is 16.9 Å². The van der Waals surface area contributed by atoms with Crippen LogP contribution in [0.5, 0.6) is 5.75 Å². The van der Waals surface area contributed by atoms with Crippen LogP contribution in [0.25, 0.3) is 11.1 Å². The highest BCUT2D eigenvalue weighted by Gasteiger charge is 2.37. The molecule has 0 atom stereocenters. The van der Waals surface area contributed by atoms with Crippen molar-refractivity contribution in [2.24, 2.45) is 0 Å². The molecule has 0 fully saturated rings. The maximum atomic E-state index is 13.1. The van der Waals surface area contributed by atoms with Crippen molar-refractivity contribution < 1.29 is 22.8 Å². The van der Waals surface area contributed by atoms with E-state index < -0.39 is 27.9 Å². The van der Waals surface area contributed by atoms with E-state index in [1.807, 2.05) is 0 Å². The van der Waals surface area contributed by atoms with E-state index in [1.54, 1.807) is 0 Å². The lowest BCUT2D eigenvalue weighted by Gasteiger charge is -2.13. The number of methoxy groups -OCH3 is 1. The molecule has 21 heavy (non-hydrogen) atoms. The molecular formula is C14H9F3NO3. The van der Waals surface area contributed by atoms with Crippen LogP contribution in [0.15, 0.2) is 36.4 Å². The van der Waals surface area contributed by atoms with E-state index in [4.69, 9.17) is 4.74 Å². The summed E-state index contributed by atoms with van der Waals surface area (Å²) in [6.45, 7) is 0. The van der Waals surface area contributed by atoms with E-state index in [0.717, 1.165) is 18.2 Å². The van der Waals surface area contributed by atoms with Gasteiger partial charge in [0.2, 0.25) is 0 Å². The third-order valence-electron chi connectivity index (χ3n) is 2.82. The second-order valence-corrected chi connectivity index (χ2v) is 4.10. The number of halogens is 3. The quantitative estimate of drug-likeness (QED) is 0.633. The molecule has 0 unspecified atom stereocenters. The maximum absolute atomic E-state index is 13.1. The molecule has 0 saturated carbocycles. The summed E-state index contributed by atoms with van der Waals surface area (Å²) < 4.78 is 44.2. The van der Waals surface area contributed by atoms with E-state index in [2.05, 4.69) is 6.07 Å². The van der Waals surface area contributed by atoms with Gasteiger partial charge in [0.1, 0.15) is 5.75 Å². The largest absolute Gasteiger partial charge is 0.497 e. The molecule has 2 aromatic carbocycles. The lowest BCUT2D eigenvalue weighted by atomic mass is 9.97. The molecule has 0 N–H and O–H groups in total. The molecule has 0 heterocycles. The molecule has 7 heteroatoms. The molecule has 2 rings (SSSR count). The predicted octanol–water partition coefficient (Wildman–Crippen LogP) is 4.09. The van der Waals surface area contributed by atoms with Crippen LogP contribution >= 0.6 is 0 Å². The van der Waals surface area contributed by atoms with E-state index in [9.17, 15) is 23.3 Å². The SMILES string of the molecule is COc1cc[c]c(-c2c([N+](=O)[O-])cccc2C(F)(F)F)c1. The Bertz CT molecular complexity index is 683. The second kappa shape index (κ2) is 5.43. The van der Waals surface area contributed by atoms with Gasteiger partial charge in [0.25, 0.3) is 5.69 Å². The summed E-state index contributed by atoms with van der Waals surface area (Å²) in [5.74, 6) is 0.287. The number of hydrogen-bond donors (Lipinski definition) is 0. The van der Waals surface area contributed by atoms with Crippen LogP contribution < -0.4 is 4.74 Å². The first-order valence-electron chi connectivity index (χ1n) is 5.75. The predicted molar refractivity (Wildman–Crippen MR) is 68.9 cm³/mol. The van der Waals surface area contributed by atoms with Gasteiger partial charge in [-0.15, -0.1) is 0 Å². The van der Waals surface area contributed by atoms with Crippen LogP contribution in [-0.4, -0.2) is 12.0 Å². The fourth-order valence-corrected chi connectivity index (χ4v) is 1.93. The monoisotopic (exact) mass is 296 g/mol. The van der Waals surface area contributed by atoms with Gasteiger partial charge in [-0.05, 0) is 24.3 Å². The highest BCUT2D eigenvalue weighted by Crippen LogP contribution is 2.42. The normalized spacial score (nSPS) is 11.2. The Morgan fingerprint density at radius 2 is 2.00 bits per heavy atom. The van der Waals surface area contributed by atoms with Crippen LogP contribution in [0, 0.1) is 16.2 Å². The molecule has 0 bridgehead atoms. The van der Waals surface area contributed by atoms with Crippen molar-refractivity contribution in [2.45, 2.75) is 6.18 Å². The lowest BCUT2D eigenvalue weighted by Crippen LogP contribution is -2.09. The molecule has 1 radical (unpaired) electrons. The molecule has 0 aliphatic heterocycles. The number of ether oxygens (including phenoxy) is 1. The Balaban J connectivity index is 2.77. The van der Waals surface area contributed by atoms with Crippen molar-refractivity contribution in [3.63, 3.8) is 0 Å². The number of nitro benzene ring substituents is 1. The summed E-state index contributed by atoms with van der Waals surface area (Å²) in [5.41, 5.74) is -2.28. The number of benzene rings is 2. The third kappa shape index (κ3) is 2.96. The van der Waals surface area contributed by atoms with Crippen molar-refractivity contribution in [1.82, 2.24) is 0 Å². The molecule has 4 nitrogen and oxygen atoms in total. The maximum Gasteiger partial charge on any atom is 0.417 e. The summed E-state index contributed by atoms with van der Waals surface area (Å²) in [5, 5.41) is 11.0. The molecule has 0 aromatic heterocycles. The molecule has 0 aliphatic rings. The standard InChI is InChI=1S/C14H9F3NO3/c1-21-10-5-2-4-9(8-10)13-11(14(15,16)17)6-3-7-12(13)18(19)20/h2-3,5-8H,1H3. The number of nitro groups is 1. The Morgan fingerprint density at radius 3 is 2.57 bits per heavy atom. The van der Waals surface area contributed by atoms with Crippen LogP contribution in [0.2, 0.25) is 0 Å². The summed E-state index contributed by atoms with van der Waals surface area (Å²) in [4.78, 5) is 10.2. The van der Waals surface area contributed by atoms with Gasteiger partial charge in [0, 0.05) is 11.6 Å². The molecule has 0 aliphatic carbocycles. The first-order chi connectivity index (χ1) is 9.84. The smallest absolute Gasteiger partial charge is 0.417 e. The zero-order valence-corrected chi connectivity index (χ0v) is 10.8. The molecule has 0 spiro atoms. The first-order valence-corrected chi connectivity index (χ1v) is 5.75. The highest BCUT2D eigenvalue weighted by atomic mass is 19.4. The van der Waals surface area contributed by atoms with Gasteiger partial charge >= 0.3 is 6.18 Å². The first kappa shape index (κ1) is 14.8. The van der Waals surface area contributed by atoms with E-state index in [1.165, 1.54) is 25.3 Å². The summed E-state index contributed by atoms with van der Waals surface area (Å²) in [6, 6.07) is 9.53. The van der Waals surface area contributed by atoms with Gasteiger partial charge in [-0.25, -0.2) is 0 Å². The Hall–Kier alpha value is -2.57. The fourth-order valence-electron chi connectivity index (χ4n) is 1.93. The van der Waals surface area contributed by atoms with Gasteiger partial charge in [-0.2, -0.15) is 13.2 Å². The van der Waals surface area contributed by atoms with E-state index >= 15 is 0 Å². The lowest BCUT2D eigenvalue weighted by molar-refractivity contribution is -0.384. The number of rotatable bonds is 3. The summed E-state index contributed by atoms with van der Waals surface area (Å²) in [6.07, 6.45) is -4.71. The average molecular weight is 296 g/mol. The third-order valence-corrected chi connectivity index (χ3v) is 2.82. The van der Waals surface area contributed by atoms with Gasteiger partial charge < -0.3 is 4.74 Å². The van der Waals surface area contributed by atoms with Crippen LogP contribution in [0.4, 0.5) is 18.9 Å². The van der Waals surface area contributed by atoms with Gasteiger partial charge in [0.15, 0.2) is 0 Å². The van der Waals surface area contributed by atoms with Gasteiger partial charge in [-0.3, -0.25) is 10.1 Å².